The van der Waals surface area contributed by atoms with Gasteiger partial charge >= 0.3 is 12.1 Å². The second kappa shape index (κ2) is 5.60. The summed E-state index contributed by atoms with van der Waals surface area (Å²) in [7, 11) is 0. The van der Waals surface area contributed by atoms with Crippen LogP contribution in [0.25, 0.3) is 11.0 Å². The lowest BCUT2D eigenvalue weighted by molar-refractivity contribution is -0.242. The maximum absolute atomic E-state index is 12.2. The van der Waals surface area contributed by atoms with Crippen LogP contribution in [-0.4, -0.2) is 39.8 Å². The number of para-hydroxylation sites is 2. The minimum atomic E-state index is -4.96. The molecule has 2 heterocycles. The van der Waals surface area contributed by atoms with Gasteiger partial charge in [0, 0.05) is 19.1 Å². The first-order valence-electron chi connectivity index (χ1n) is 6.91. The highest BCUT2D eigenvalue weighted by molar-refractivity contribution is 5.75. The topological polar surface area (TPSA) is 47.4 Å². The average Bonchev–Trinajstić information content (AvgIpc) is 2.91. The zero-order valence-electron chi connectivity index (χ0n) is 11.6. The van der Waals surface area contributed by atoms with E-state index in [2.05, 4.69) is 9.82 Å². The van der Waals surface area contributed by atoms with Gasteiger partial charge in [0.05, 0.1) is 17.4 Å². The number of carbonyl (C=O) groups excluding carboxylic acids is 1. The molecule has 1 saturated heterocycles. The molecule has 8 heteroatoms. The number of hydrogen-bond acceptors (Lipinski definition) is 4. The van der Waals surface area contributed by atoms with Crippen LogP contribution in [0.5, 0.6) is 0 Å². The van der Waals surface area contributed by atoms with E-state index in [1.165, 1.54) is 0 Å². The van der Waals surface area contributed by atoms with Crippen molar-refractivity contribution in [2.45, 2.75) is 25.1 Å². The van der Waals surface area contributed by atoms with Gasteiger partial charge in [0.15, 0.2) is 0 Å². The lowest BCUT2D eigenvalue weighted by Gasteiger charge is -2.31. The SMILES string of the molecule is O=C(ON1CCC(n2cnc3ccccc32)CC1)C(F)(F)F. The van der Waals surface area contributed by atoms with E-state index in [0.29, 0.717) is 12.8 Å². The smallest absolute Gasteiger partial charge is 0.361 e. The van der Waals surface area contributed by atoms with E-state index in [0.717, 1.165) is 16.1 Å². The van der Waals surface area contributed by atoms with Gasteiger partial charge in [0.25, 0.3) is 0 Å². The first-order chi connectivity index (χ1) is 10.4. The fourth-order valence-electron chi connectivity index (χ4n) is 2.65. The lowest BCUT2D eigenvalue weighted by Crippen LogP contribution is -2.40. The molecule has 5 nitrogen and oxygen atoms in total. The van der Waals surface area contributed by atoms with Crippen LogP contribution in [0.1, 0.15) is 18.9 Å². The Balaban J connectivity index is 1.64. The zero-order valence-corrected chi connectivity index (χ0v) is 11.6. The molecule has 1 fully saturated rings. The van der Waals surface area contributed by atoms with Gasteiger partial charge in [-0.2, -0.15) is 13.2 Å². The molecule has 1 aromatic heterocycles. The van der Waals surface area contributed by atoms with Crippen LogP contribution in [0.2, 0.25) is 0 Å². The summed E-state index contributed by atoms with van der Waals surface area (Å²) in [6.45, 7) is 0.526. The van der Waals surface area contributed by atoms with E-state index in [-0.39, 0.29) is 19.1 Å². The molecule has 1 aliphatic heterocycles. The zero-order chi connectivity index (χ0) is 15.7. The maximum atomic E-state index is 12.2. The average molecular weight is 313 g/mol. The van der Waals surface area contributed by atoms with Crippen LogP contribution in [-0.2, 0) is 9.63 Å². The third-order valence-corrected chi connectivity index (χ3v) is 3.74. The van der Waals surface area contributed by atoms with Gasteiger partial charge in [-0.05, 0) is 25.0 Å². The first kappa shape index (κ1) is 14.8. The molecule has 0 saturated carbocycles. The molecule has 0 radical (unpaired) electrons. The van der Waals surface area contributed by atoms with Crippen molar-refractivity contribution in [1.29, 1.82) is 0 Å². The molecule has 0 atom stereocenters. The number of rotatable bonds is 2. The second-order valence-electron chi connectivity index (χ2n) is 5.18. The number of imidazole rings is 1. The van der Waals surface area contributed by atoms with E-state index in [1.54, 1.807) is 6.33 Å². The van der Waals surface area contributed by atoms with Crippen molar-refractivity contribution in [3.8, 4) is 0 Å². The van der Waals surface area contributed by atoms with Gasteiger partial charge in [-0.3, -0.25) is 0 Å². The van der Waals surface area contributed by atoms with Gasteiger partial charge in [0.2, 0.25) is 0 Å². The summed E-state index contributed by atoms with van der Waals surface area (Å²) in [5.41, 5.74) is 1.88. The molecule has 0 unspecified atom stereocenters. The molecule has 0 amide bonds. The van der Waals surface area contributed by atoms with Crippen molar-refractivity contribution in [3.05, 3.63) is 30.6 Å². The molecule has 0 N–H and O–H groups in total. The second-order valence-corrected chi connectivity index (χ2v) is 5.18. The Labute approximate surface area is 124 Å². The van der Waals surface area contributed by atoms with Crippen molar-refractivity contribution in [3.63, 3.8) is 0 Å². The number of alkyl halides is 3. The van der Waals surface area contributed by atoms with Gasteiger partial charge in [0.1, 0.15) is 0 Å². The Kier molecular flexibility index (Phi) is 3.78. The number of hydroxylamine groups is 2. The van der Waals surface area contributed by atoms with Crippen molar-refractivity contribution in [2.24, 2.45) is 0 Å². The van der Waals surface area contributed by atoms with Crippen molar-refractivity contribution >= 4 is 17.0 Å². The molecule has 3 rings (SSSR count). The number of hydrogen-bond donors (Lipinski definition) is 0. The highest BCUT2D eigenvalue weighted by atomic mass is 19.4. The summed E-state index contributed by atoms with van der Waals surface area (Å²) in [5.74, 6) is -2.17. The highest BCUT2D eigenvalue weighted by Gasteiger charge is 2.43. The molecule has 118 valence electrons. The quantitative estimate of drug-likeness (QED) is 0.855. The van der Waals surface area contributed by atoms with Crippen molar-refractivity contribution < 1.29 is 22.8 Å². The number of carbonyl (C=O) groups is 1. The number of nitrogens with zero attached hydrogens (tertiary/aromatic N) is 3. The van der Waals surface area contributed by atoms with E-state index in [4.69, 9.17) is 0 Å². The first-order valence-corrected chi connectivity index (χ1v) is 6.91. The third kappa shape index (κ3) is 2.92. The standard InChI is InChI=1S/C14H14F3N3O2/c15-14(16,17)13(21)22-19-7-5-10(6-8-19)20-9-18-11-3-1-2-4-12(11)20/h1-4,9-10H,5-8H2. The van der Waals surface area contributed by atoms with E-state index >= 15 is 0 Å². The lowest BCUT2D eigenvalue weighted by atomic mass is 10.1. The number of fused-ring (bicyclic) bond motifs is 1. The van der Waals surface area contributed by atoms with Gasteiger partial charge in [-0.1, -0.05) is 12.1 Å². The minimum absolute atomic E-state index is 0.133. The van der Waals surface area contributed by atoms with Crippen LogP contribution in [0, 0.1) is 0 Å². The summed E-state index contributed by atoms with van der Waals surface area (Å²) in [6.07, 6.45) is -2.04. The summed E-state index contributed by atoms with van der Waals surface area (Å²) >= 11 is 0. The fourth-order valence-corrected chi connectivity index (χ4v) is 2.65. The van der Waals surface area contributed by atoms with Gasteiger partial charge < -0.3 is 9.40 Å². The van der Waals surface area contributed by atoms with Crippen LogP contribution in [0.15, 0.2) is 30.6 Å². The molecule has 0 aliphatic carbocycles. The van der Waals surface area contributed by atoms with Crippen molar-refractivity contribution in [2.75, 3.05) is 13.1 Å². The molecule has 0 bridgehead atoms. The van der Waals surface area contributed by atoms with E-state index in [9.17, 15) is 18.0 Å². The Bertz CT molecular complexity index is 675. The van der Waals surface area contributed by atoms with Crippen LogP contribution in [0.3, 0.4) is 0 Å². The largest absolute Gasteiger partial charge is 0.492 e. The molecule has 1 aliphatic rings. The van der Waals surface area contributed by atoms with E-state index < -0.39 is 12.1 Å². The van der Waals surface area contributed by atoms with Crippen LogP contribution in [0.4, 0.5) is 13.2 Å². The number of aromatic nitrogens is 2. The molecule has 0 spiro atoms. The predicted molar refractivity (Wildman–Crippen MR) is 71.7 cm³/mol. The molecular formula is C14H14F3N3O2. The highest BCUT2D eigenvalue weighted by Crippen LogP contribution is 2.27. The van der Waals surface area contributed by atoms with Gasteiger partial charge in [-0.15, -0.1) is 5.06 Å². The summed E-state index contributed by atoms with van der Waals surface area (Å²) in [4.78, 5) is 19.5. The maximum Gasteiger partial charge on any atom is 0.492 e. The minimum Gasteiger partial charge on any atom is -0.361 e. The monoisotopic (exact) mass is 313 g/mol. The summed E-state index contributed by atoms with van der Waals surface area (Å²) in [6, 6.07) is 7.82. The van der Waals surface area contributed by atoms with E-state index in [1.807, 2.05) is 28.8 Å². The Morgan fingerprint density at radius 3 is 2.59 bits per heavy atom. The third-order valence-electron chi connectivity index (χ3n) is 3.74. The number of halogens is 3. The fraction of sp³-hybridized carbons (Fsp3) is 0.429. The van der Waals surface area contributed by atoms with Gasteiger partial charge in [-0.25, -0.2) is 9.78 Å². The molecule has 2 aromatic rings. The Morgan fingerprint density at radius 1 is 1.23 bits per heavy atom. The van der Waals surface area contributed by atoms with Crippen molar-refractivity contribution in [1.82, 2.24) is 14.6 Å². The summed E-state index contributed by atoms with van der Waals surface area (Å²) < 4.78 is 38.5. The van der Waals surface area contributed by atoms with Crippen LogP contribution >= 0.6 is 0 Å². The number of piperidine rings is 1. The van der Waals surface area contributed by atoms with Crippen LogP contribution < -0.4 is 0 Å². The molecule has 22 heavy (non-hydrogen) atoms. The molecular weight excluding hydrogens is 299 g/mol. The normalized spacial score (nSPS) is 17.8. The molecule has 1 aromatic carbocycles. The summed E-state index contributed by atoms with van der Waals surface area (Å²) in [5, 5.41) is 1.07. The predicted octanol–water partition coefficient (Wildman–Crippen LogP) is 2.69. The Morgan fingerprint density at radius 2 is 1.91 bits per heavy atom. The number of benzene rings is 1. The Hall–Kier alpha value is -2.09.